The lowest BCUT2D eigenvalue weighted by Crippen LogP contribution is -2.29. The predicted octanol–water partition coefficient (Wildman–Crippen LogP) is 2.76. The zero-order valence-electron chi connectivity index (χ0n) is 8.81. The second-order valence-corrected chi connectivity index (χ2v) is 4.19. The monoisotopic (exact) mass is 172 g/mol. The van der Waals surface area contributed by atoms with Crippen LogP contribution in [0.5, 0.6) is 0 Å². The highest BCUT2D eigenvalue weighted by Gasteiger charge is 2.22. The van der Waals surface area contributed by atoms with Crippen LogP contribution in [0.25, 0.3) is 0 Å². The predicted molar refractivity (Wildman–Crippen MR) is 49.9 cm³/mol. The van der Waals surface area contributed by atoms with Crippen molar-refractivity contribution in [2.45, 2.75) is 53.1 Å². The fourth-order valence-electron chi connectivity index (χ4n) is 1.41. The average molecular weight is 172 g/mol. The minimum atomic E-state index is -0.304. The average Bonchev–Trinajstić information content (AvgIpc) is 1.83. The largest absolute Gasteiger partial charge is 0.460 e. The molecule has 0 bridgehead atoms. The van der Waals surface area contributed by atoms with Crippen molar-refractivity contribution in [2.75, 3.05) is 0 Å². The van der Waals surface area contributed by atoms with Crippen LogP contribution in [0, 0.1) is 5.92 Å². The number of carbonyl (C=O) groups excluding carboxylic acids is 1. The summed E-state index contributed by atoms with van der Waals surface area (Å²) >= 11 is 0. The summed E-state index contributed by atoms with van der Waals surface area (Å²) in [5, 5.41) is 0. The maximum absolute atomic E-state index is 11.0. The summed E-state index contributed by atoms with van der Waals surface area (Å²) in [6.45, 7) is 9.98. The highest BCUT2D eigenvalue weighted by molar-refractivity contribution is 5.69. The highest BCUT2D eigenvalue weighted by Crippen LogP contribution is 2.20. The lowest BCUT2D eigenvalue weighted by molar-refractivity contribution is -0.157. The lowest BCUT2D eigenvalue weighted by Gasteiger charge is -2.26. The third-order valence-corrected chi connectivity index (χ3v) is 1.58. The Labute approximate surface area is 75.3 Å². The van der Waals surface area contributed by atoms with E-state index >= 15 is 0 Å². The molecule has 0 heterocycles. The van der Waals surface area contributed by atoms with Crippen LogP contribution in [0.15, 0.2) is 0 Å². The van der Waals surface area contributed by atoms with Gasteiger partial charge < -0.3 is 4.74 Å². The maximum atomic E-state index is 11.0. The Bertz CT molecular complexity index is 148. The Morgan fingerprint density at radius 3 is 2.25 bits per heavy atom. The molecule has 2 heteroatoms. The molecule has 2 nitrogen and oxygen atoms in total. The molecule has 0 N–H and O–H groups in total. The van der Waals surface area contributed by atoms with Gasteiger partial charge in [-0.2, -0.15) is 0 Å². The van der Waals surface area contributed by atoms with Gasteiger partial charge in [-0.25, -0.2) is 0 Å². The van der Waals surface area contributed by atoms with Crippen molar-refractivity contribution in [1.82, 2.24) is 0 Å². The van der Waals surface area contributed by atoms with Crippen molar-refractivity contribution in [3.63, 3.8) is 0 Å². The molecule has 0 saturated carbocycles. The van der Waals surface area contributed by atoms with Crippen LogP contribution in [0.1, 0.15) is 47.5 Å². The molecule has 12 heavy (non-hydrogen) atoms. The van der Waals surface area contributed by atoms with Gasteiger partial charge in [0.05, 0.1) is 0 Å². The molecule has 0 aliphatic rings. The van der Waals surface area contributed by atoms with Gasteiger partial charge in [-0.1, -0.05) is 20.8 Å². The first-order valence-corrected chi connectivity index (χ1v) is 4.59. The molecular formula is C10H20O2. The van der Waals surface area contributed by atoms with Crippen LogP contribution in [0.3, 0.4) is 0 Å². The number of hydrogen-bond acceptors (Lipinski definition) is 2. The molecule has 0 aromatic rings. The third-order valence-electron chi connectivity index (χ3n) is 1.58. The highest BCUT2D eigenvalue weighted by atomic mass is 16.6. The van der Waals surface area contributed by atoms with Crippen molar-refractivity contribution >= 4 is 5.97 Å². The summed E-state index contributed by atoms with van der Waals surface area (Å²) in [5.41, 5.74) is -0.304. The zero-order valence-corrected chi connectivity index (χ0v) is 8.81. The van der Waals surface area contributed by atoms with Crippen molar-refractivity contribution in [2.24, 2.45) is 5.92 Å². The van der Waals surface area contributed by atoms with E-state index in [2.05, 4.69) is 13.8 Å². The van der Waals surface area contributed by atoms with Gasteiger partial charge in [-0.05, 0) is 26.2 Å². The van der Waals surface area contributed by atoms with Crippen LogP contribution < -0.4 is 0 Å². The second kappa shape index (κ2) is 4.48. The standard InChI is InChI=1S/C10H20O2/c1-6-9(11)12-10(4,5)7-8(2)3/h8H,6-7H2,1-5H3. The van der Waals surface area contributed by atoms with E-state index in [4.69, 9.17) is 4.74 Å². The van der Waals surface area contributed by atoms with Crippen molar-refractivity contribution in [3.05, 3.63) is 0 Å². The molecular weight excluding hydrogens is 152 g/mol. The molecule has 0 fully saturated rings. The van der Waals surface area contributed by atoms with E-state index in [1.54, 1.807) is 0 Å². The van der Waals surface area contributed by atoms with E-state index in [0.29, 0.717) is 12.3 Å². The summed E-state index contributed by atoms with van der Waals surface area (Å²) in [6, 6.07) is 0. The number of esters is 1. The van der Waals surface area contributed by atoms with Crippen molar-refractivity contribution in [3.8, 4) is 0 Å². The van der Waals surface area contributed by atoms with Crippen LogP contribution in [-0.4, -0.2) is 11.6 Å². The van der Waals surface area contributed by atoms with E-state index < -0.39 is 0 Å². The lowest BCUT2D eigenvalue weighted by atomic mass is 9.96. The SMILES string of the molecule is CCC(=O)OC(C)(C)CC(C)C. The fraction of sp³-hybridized carbons (Fsp3) is 0.900. The number of hydrogen-bond donors (Lipinski definition) is 0. The molecule has 0 saturated heterocycles. The Morgan fingerprint density at radius 2 is 1.92 bits per heavy atom. The molecule has 0 aromatic heterocycles. The first kappa shape index (κ1) is 11.5. The summed E-state index contributed by atoms with van der Waals surface area (Å²) < 4.78 is 5.26. The van der Waals surface area contributed by atoms with Gasteiger partial charge in [0.15, 0.2) is 0 Å². The Hall–Kier alpha value is -0.530. The zero-order chi connectivity index (χ0) is 9.78. The van der Waals surface area contributed by atoms with Crippen LogP contribution in [-0.2, 0) is 9.53 Å². The molecule has 0 rings (SSSR count). The van der Waals surface area contributed by atoms with E-state index in [1.165, 1.54) is 0 Å². The van der Waals surface area contributed by atoms with Crippen LogP contribution in [0.4, 0.5) is 0 Å². The van der Waals surface area contributed by atoms with Gasteiger partial charge in [-0.15, -0.1) is 0 Å². The summed E-state index contributed by atoms with van der Waals surface area (Å²) in [6.07, 6.45) is 1.38. The van der Waals surface area contributed by atoms with Gasteiger partial charge in [0.1, 0.15) is 5.60 Å². The fourth-order valence-corrected chi connectivity index (χ4v) is 1.41. The second-order valence-electron chi connectivity index (χ2n) is 4.19. The molecule has 0 atom stereocenters. The van der Waals surface area contributed by atoms with Gasteiger partial charge >= 0.3 is 5.97 Å². The van der Waals surface area contributed by atoms with Crippen LogP contribution >= 0.6 is 0 Å². The molecule has 0 aliphatic heterocycles. The number of carbonyl (C=O) groups is 1. The van der Waals surface area contributed by atoms with E-state index in [-0.39, 0.29) is 11.6 Å². The van der Waals surface area contributed by atoms with E-state index in [1.807, 2.05) is 20.8 Å². The topological polar surface area (TPSA) is 26.3 Å². The van der Waals surface area contributed by atoms with Crippen LogP contribution in [0.2, 0.25) is 0 Å². The molecule has 0 aromatic carbocycles. The summed E-state index contributed by atoms with van der Waals surface area (Å²) in [5.74, 6) is 0.449. The number of ether oxygens (including phenoxy) is 1. The summed E-state index contributed by atoms with van der Waals surface area (Å²) in [7, 11) is 0. The minimum absolute atomic E-state index is 0.111. The number of rotatable bonds is 4. The molecule has 0 radical (unpaired) electrons. The first-order chi connectivity index (χ1) is 5.37. The van der Waals surface area contributed by atoms with Gasteiger partial charge in [0.2, 0.25) is 0 Å². The van der Waals surface area contributed by atoms with Crippen molar-refractivity contribution < 1.29 is 9.53 Å². The van der Waals surface area contributed by atoms with Gasteiger partial charge in [0.25, 0.3) is 0 Å². The molecule has 0 unspecified atom stereocenters. The smallest absolute Gasteiger partial charge is 0.306 e. The molecule has 0 amide bonds. The third kappa shape index (κ3) is 5.16. The van der Waals surface area contributed by atoms with Gasteiger partial charge in [-0.3, -0.25) is 4.79 Å². The van der Waals surface area contributed by atoms with Crippen molar-refractivity contribution in [1.29, 1.82) is 0 Å². The first-order valence-electron chi connectivity index (χ1n) is 4.59. The molecule has 72 valence electrons. The normalized spacial score (nSPS) is 11.8. The molecule has 0 aliphatic carbocycles. The van der Waals surface area contributed by atoms with E-state index in [0.717, 1.165) is 6.42 Å². The minimum Gasteiger partial charge on any atom is -0.460 e. The Balaban J connectivity index is 3.94. The Kier molecular flexibility index (Phi) is 4.29. The quantitative estimate of drug-likeness (QED) is 0.609. The Morgan fingerprint density at radius 1 is 1.42 bits per heavy atom. The summed E-state index contributed by atoms with van der Waals surface area (Å²) in [4.78, 5) is 11.0. The van der Waals surface area contributed by atoms with Gasteiger partial charge in [0, 0.05) is 6.42 Å². The maximum Gasteiger partial charge on any atom is 0.306 e. The molecule has 0 spiro atoms. The van der Waals surface area contributed by atoms with E-state index in [9.17, 15) is 4.79 Å².